The quantitative estimate of drug-likeness (QED) is 0.111. The summed E-state index contributed by atoms with van der Waals surface area (Å²) in [5.41, 5.74) is 10.4. The van der Waals surface area contributed by atoms with Crippen molar-refractivity contribution in [2.24, 2.45) is 0 Å². The zero-order valence-electron chi connectivity index (χ0n) is 36.7. The first kappa shape index (κ1) is 48.7. The molecule has 0 spiro atoms. The number of nitrogens with one attached hydrogen (secondary N) is 2. The molecule has 2 amide bonds. The molecule has 0 unspecified atom stereocenters. The molecule has 2 aliphatic carbocycles. The van der Waals surface area contributed by atoms with Crippen molar-refractivity contribution < 1.29 is 53.4 Å². The molecule has 6 rings (SSSR count). The van der Waals surface area contributed by atoms with Crippen LogP contribution in [0.25, 0.3) is 0 Å². The average Bonchev–Trinajstić information content (AvgIpc) is 3.17. The van der Waals surface area contributed by atoms with Gasteiger partial charge in [0, 0.05) is 35.3 Å². The van der Waals surface area contributed by atoms with E-state index in [0.29, 0.717) is 36.1 Å². The number of aryl methyl sites for hydroxylation is 2. The van der Waals surface area contributed by atoms with Gasteiger partial charge < -0.3 is 26.0 Å². The molecule has 310 valence electrons. The van der Waals surface area contributed by atoms with Gasteiger partial charge in [0.15, 0.2) is 0 Å². The Morgan fingerprint density at radius 3 is 1.22 bits per heavy atom. The number of hydrogen-bond acceptors (Lipinski definition) is 6. The van der Waals surface area contributed by atoms with Gasteiger partial charge in [-0.05, 0) is 142 Å². The summed E-state index contributed by atoms with van der Waals surface area (Å²) in [4.78, 5) is 47.6. The number of fused-ring (bicyclic) bond motifs is 2. The van der Waals surface area contributed by atoms with Gasteiger partial charge in [-0.15, -0.1) is 0 Å². The van der Waals surface area contributed by atoms with Crippen LogP contribution in [0.4, 0.5) is 11.4 Å². The number of aliphatic carboxylic acids is 1. The Bertz CT molecular complexity index is 2120. The van der Waals surface area contributed by atoms with Crippen molar-refractivity contribution in [1.29, 1.82) is 0 Å². The molecule has 0 heterocycles. The molecule has 4 N–H and O–H groups in total. The Balaban J connectivity index is 0.000000305. The van der Waals surface area contributed by atoms with E-state index >= 15 is 0 Å². The molecule has 0 atom stereocenters. The topological polar surface area (TPSA) is 152 Å². The van der Waals surface area contributed by atoms with Crippen LogP contribution in [-0.2, 0) is 48.8 Å². The molecule has 4 aromatic carbocycles. The number of rotatable bonds is 10. The van der Waals surface area contributed by atoms with E-state index in [-0.39, 0.29) is 70.2 Å². The zero-order valence-corrected chi connectivity index (χ0v) is 36.7. The molecule has 10 heteroatoms. The van der Waals surface area contributed by atoms with Crippen LogP contribution in [0.15, 0.2) is 84.9 Å². The SMILES string of the molecule is CC1(C)CCC(C)(C)c2cc(C(=O)Nc3ccc(CCC(=O)O)cc3)ccc21.COC(=O)CCc1ccc(NC(=O)c2ccc3c(c2)C(C)(C)CCC3(C)C)cc1.[Li+].[OH-]. The zero-order chi connectivity index (χ0) is 41.8. The van der Waals surface area contributed by atoms with E-state index in [1.54, 1.807) is 0 Å². The van der Waals surface area contributed by atoms with E-state index in [1.165, 1.54) is 29.4 Å². The fourth-order valence-corrected chi connectivity index (χ4v) is 7.98. The summed E-state index contributed by atoms with van der Waals surface area (Å²) in [6.45, 7) is 18.1. The minimum Gasteiger partial charge on any atom is -0.870 e. The number of carbonyl (C=O) groups is 4. The van der Waals surface area contributed by atoms with Crippen LogP contribution >= 0.6 is 0 Å². The van der Waals surface area contributed by atoms with Crippen molar-refractivity contribution >= 4 is 35.1 Å². The first-order valence-electron chi connectivity index (χ1n) is 20.1. The second-order valence-corrected chi connectivity index (χ2v) is 18.3. The molecule has 2 aliphatic rings. The summed E-state index contributed by atoms with van der Waals surface area (Å²) in [6.07, 6.45) is 6.08. The average molecular weight is 797 g/mol. The van der Waals surface area contributed by atoms with Crippen molar-refractivity contribution in [2.45, 2.75) is 128 Å². The molecule has 4 aromatic rings. The Morgan fingerprint density at radius 1 is 0.542 bits per heavy atom. The van der Waals surface area contributed by atoms with Gasteiger partial charge in [-0.2, -0.15) is 0 Å². The molecular formula is C49H61LiN2O7. The second-order valence-electron chi connectivity index (χ2n) is 18.3. The normalized spacial score (nSPS) is 16.2. The number of esters is 1. The smallest absolute Gasteiger partial charge is 0.870 e. The maximum atomic E-state index is 12.8. The molecule has 59 heavy (non-hydrogen) atoms. The predicted molar refractivity (Wildman–Crippen MR) is 230 cm³/mol. The number of benzene rings is 4. The third kappa shape index (κ3) is 12.2. The van der Waals surface area contributed by atoms with Crippen molar-refractivity contribution in [3.63, 3.8) is 0 Å². The Hall–Kier alpha value is -4.68. The van der Waals surface area contributed by atoms with Crippen molar-refractivity contribution in [2.75, 3.05) is 17.7 Å². The van der Waals surface area contributed by atoms with Crippen molar-refractivity contribution in [3.05, 3.63) is 129 Å². The van der Waals surface area contributed by atoms with E-state index < -0.39 is 5.97 Å². The number of anilines is 2. The van der Waals surface area contributed by atoms with Gasteiger partial charge in [-0.3, -0.25) is 19.2 Å². The monoisotopic (exact) mass is 796 g/mol. The maximum absolute atomic E-state index is 12.8. The van der Waals surface area contributed by atoms with Crippen LogP contribution in [0.2, 0.25) is 0 Å². The fourth-order valence-electron chi connectivity index (χ4n) is 7.98. The van der Waals surface area contributed by atoms with E-state index in [9.17, 15) is 19.2 Å². The molecule has 0 saturated carbocycles. The molecule has 0 radical (unpaired) electrons. The molecule has 0 saturated heterocycles. The van der Waals surface area contributed by atoms with Crippen LogP contribution in [-0.4, -0.2) is 41.4 Å². The van der Waals surface area contributed by atoms with Crippen LogP contribution in [0.5, 0.6) is 0 Å². The van der Waals surface area contributed by atoms with Gasteiger partial charge in [0.25, 0.3) is 11.8 Å². The van der Waals surface area contributed by atoms with Gasteiger partial charge in [-0.1, -0.05) is 91.8 Å². The number of amides is 2. The second kappa shape index (κ2) is 19.6. The Labute approximate surface area is 362 Å². The number of carbonyl (C=O) groups excluding carboxylic acids is 3. The third-order valence-corrected chi connectivity index (χ3v) is 12.1. The van der Waals surface area contributed by atoms with Gasteiger partial charge >= 0.3 is 30.8 Å². The van der Waals surface area contributed by atoms with E-state index in [1.807, 2.05) is 66.7 Å². The molecule has 0 bridgehead atoms. The van der Waals surface area contributed by atoms with Gasteiger partial charge in [0.05, 0.1) is 7.11 Å². The van der Waals surface area contributed by atoms with Crippen molar-refractivity contribution in [3.8, 4) is 0 Å². The summed E-state index contributed by atoms with van der Waals surface area (Å²) in [6, 6.07) is 27.2. The first-order chi connectivity index (χ1) is 26.7. The number of carboxylic acids is 1. The summed E-state index contributed by atoms with van der Waals surface area (Å²) in [7, 11) is 1.39. The molecule has 9 nitrogen and oxygen atoms in total. The number of ether oxygens (including phenoxy) is 1. The summed E-state index contributed by atoms with van der Waals surface area (Å²) >= 11 is 0. The number of carboxylic acid groups (broad SMARTS) is 1. The summed E-state index contributed by atoms with van der Waals surface area (Å²) in [5, 5.41) is 14.7. The molecule has 0 fully saturated rings. The van der Waals surface area contributed by atoms with E-state index in [0.717, 1.165) is 42.5 Å². The van der Waals surface area contributed by atoms with Crippen LogP contribution < -0.4 is 29.5 Å². The van der Waals surface area contributed by atoms with Crippen LogP contribution in [0, 0.1) is 0 Å². The Kier molecular flexibility index (Phi) is 16.2. The molecular weight excluding hydrogens is 735 g/mol. The van der Waals surface area contributed by atoms with E-state index in [2.05, 4.69) is 89.0 Å². The maximum Gasteiger partial charge on any atom is 1.00 e. The van der Waals surface area contributed by atoms with Crippen LogP contribution in [0.3, 0.4) is 0 Å². The van der Waals surface area contributed by atoms with Crippen LogP contribution in [0.1, 0.15) is 148 Å². The first-order valence-corrected chi connectivity index (χ1v) is 20.1. The van der Waals surface area contributed by atoms with E-state index in [4.69, 9.17) is 5.11 Å². The van der Waals surface area contributed by atoms with Gasteiger partial charge in [0.1, 0.15) is 0 Å². The predicted octanol–water partition coefficient (Wildman–Crippen LogP) is 7.53. The standard InChI is InChI=1S/C25H31NO3.C24H29NO3.Li.H2O/c1-24(2)14-15-25(3,4)21-16-18(9-12-20(21)24)23(28)26-19-10-6-17(7-11-19)8-13-22(27)29-5;1-23(2)13-14-24(3,4)20-15-17(8-11-19(20)23)22(28)25-18-9-5-16(6-10-18)7-12-21(26)27;;/h6-7,9-12,16H,8,13-15H2,1-5H3,(H,26,28);5-6,8-11,15H,7,12-14H2,1-4H3,(H,25,28)(H,26,27);;1H2/q;;+1;/p-1. The Morgan fingerprint density at radius 2 is 0.881 bits per heavy atom. The van der Waals surface area contributed by atoms with Gasteiger partial charge in [-0.25, -0.2) is 0 Å². The largest absolute Gasteiger partial charge is 1.00 e. The summed E-state index contributed by atoms with van der Waals surface area (Å²) in [5.74, 6) is -1.26. The van der Waals surface area contributed by atoms with Crippen molar-refractivity contribution in [1.82, 2.24) is 0 Å². The van der Waals surface area contributed by atoms with Gasteiger partial charge in [0.2, 0.25) is 0 Å². The number of methoxy groups -OCH3 is 1. The molecule has 0 aromatic heterocycles. The minimum absolute atomic E-state index is 0. The molecule has 0 aliphatic heterocycles. The minimum atomic E-state index is -0.809. The fraction of sp³-hybridized carbons (Fsp3) is 0.429. The number of hydrogen-bond donors (Lipinski definition) is 3. The third-order valence-electron chi connectivity index (χ3n) is 12.1. The summed E-state index contributed by atoms with van der Waals surface area (Å²) < 4.78 is 4.67.